The zero-order valence-electron chi connectivity index (χ0n) is 21.6. The fourth-order valence-electron chi connectivity index (χ4n) is 2.92. The van der Waals surface area contributed by atoms with Crippen molar-refractivity contribution < 1.29 is 39.0 Å². The Kier molecular flexibility index (Phi) is 17.9. The molecule has 0 heterocycles. The van der Waals surface area contributed by atoms with E-state index in [1.165, 1.54) is 0 Å². The first-order chi connectivity index (χ1) is 18.4. The van der Waals surface area contributed by atoms with E-state index in [0.717, 1.165) is 0 Å². The number of aliphatic hydroxyl groups excluding tert-OH is 1. The summed E-state index contributed by atoms with van der Waals surface area (Å²) in [5.74, 6) is -5.27. The van der Waals surface area contributed by atoms with Gasteiger partial charge in [-0.2, -0.15) is 0 Å². The summed E-state index contributed by atoms with van der Waals surface area (Å²) in [6.07, 6.45) is 2.07. The van der Waals surface area contributed by atoms with Crippen LogP contribution in [0.4, 0.5) is 0 Å². The lowest BCUT2D eigenvalue weighted by molar-refractivity contribution is -0.142. The van der Waals surface area contributed by atoms with Gasteiger partial charge in [0.15, 0.2) is 5.96 Å². The maximum atomic E-state index is 12.2. The number of aliphatic carboxylic acids is 1. The van der Waals surface area contributed by atoms with Crippen LogP contribution in [-0.4, -0.2) is 109 Å². The monoisotopic (exact) mass is 560 g/mol. The van der Waals surface area contributed by atoms with Crippen molar-refractivity contribution in [3.05, 3.63) is 0 Å². The van der Waals surface area contributed by atoms with Crippen molar-refractivity contribution in [2.24, 2.45) is 27.9 Å². The molecule has 0 aromatic heterocycles. The summed E-state index contributed by atoms with van der Waals surface area (Å²) >= 11 is 0. The van der Waals surface area contributed by atoms with Gasteiger partial charge >= 0.3 is 5.97 Å². The number of aliphatic hydroxyl groups is 1. The highest BCUT2D eigenvalue weighted by Crippen LogP contribution is 1.99. The minimum atomic E-state index is -1.46. The second-order valence-electron chi connectivity index (χ2n) is 8.31. The number of unbranched alkanes of at least 4 members (excludes halogenated alkanes) is 1. The number of carboxylic acid groups (broad SMARTS) is 1. The van der Waals surface area contributed by atoms with Gasteiger partial charge in [0.05, 0.1) is 32.3 Å². The SMILES string of the molecule is NCCCC[C@H](N)C(=O)NCC(=O)NCC(=O)N[C@@H](CO)C(=O)NCC(=O)N[C@@H](CCCN=C(N)N)C(=O)O. The molecule has 0 saturated carbocycles. The number of carbonyl (C=O) groups excluding carboxylic acids is 5. The summed E-state index contributed by atoms with van der Waals surface area (Å²) < 4.78 is 0. The first kappa shape index (κ1) is 35.0. The van der Waals surface area contributed by atoms with E-state index in [2.05, 4.69) is 31.6 Å². The van der Waals surface area contributed by atoms with Crippen molar-refractivity contribution in [3.63, 3.8) is 0 Å². The van der Waals surface area contributed by atoms with Crippen LogP contribution in [0.15, 0.2) is 4.99 Å². The van der Waals surface area contributed by atoms with E-state index in [0.29, 0.717) is 25.8 Å². The van der Waals surface area contributed by atoms with E-state index in [9.17, 15) is 39.0 Å². The van der Waals surface area contributed by atoms with E-state index in [4.69, 9.17) is 22.9 Å². The number of hydrogen-bond donors (Lipinski definition) is 11. The largest absolute Gasteiger partial charge is 0.480 e. The minimum absolute atomic E-state index is 0.0259. The molecular weight excluding hydrogens is 520 g/mol. The van der Waals surface area contributed by atoms with Crippen LogP contribution in [0.25, 0.3) is 0 Å². The molecule has 39 heavy (non-hydrogen) atoms. The normalized spacial score (nSPS) is 12.7. The molecule has 0 aliphatic rings. The molecule has 222 valence electrons. The van der Waals surface area contributed by atoms with Crippen LogP contribution < -0.4 is 49.5 Å². The second-order valence-corrected chi connectivity index (χ2v) is 8.31. The van der Waals surface area contributed by atoms with E-state index in [1.54, 1.807) is 0 Å². The van der Waals surface area contributed by atoms with Crippen LogP contribution >= 0.6 is 0 Å². The molecular formula is C21H40N10O8. The fraction of sp³-hybridized carbons (Fsp3) is 0.667. The predicted molar refractivity (Wildman–Crippen MR) is 138 cm³/mol. The number of aliphatic imine (C=N–C) groups is 1. The van der Waals surface area contributed by atoms with Crippen molar-refractivity contribution in [2.75, 3.05) is 39.3 Å². The molecule has 0 aliphatic heterocycles. The Labute approximate surface area is 225 Å². The van der Waals surface area contributed by atoms with Crippen molar-refractivity contribution in [1.82, 2.24) is 26.6 Å². The molecule has 18 nitrogen and oxygen atoms in total. The molecule has 5 amide bonds. The molecule has 0 aromatic rings. The highest BCUT2D eigenvalue weighted by Gasteiger charge is 2.23. The highest BCUT2D eigenvalue weighted by molar-refractivity contribution is 5.93. The summed E-state index contributed by atoms with van der Waals surface area (Å²) in [4.78, 5) is 75.0. The number of carbonyl (C=O) groups is 6. The standard InChI is InChI=1S/C21H40N10O8/c22-6-2-1-4-12(23)18(36)28-8-15(33)27-9-16(34)31-14(11-32)19(37)29-10-17(35)30-13(20(38)39)5-3-7-26-21(24)25/h12-14,32H,1-11,22-23H2,(H,27,33)(H,28,36)(H,29,37)(H,30,35)(H,31,34)(H,38,39)(H4,24,25,26)/t12-,13-,14-/m0/s1. The molecule has 18 heteroatoms. The van der Waals surface area contributed by atoms with Gasteiger partial charge in [-0.15, -0.1) is 0 Å². The predicted octanol–water partition coefficient (Wildman–Crippen LogP) is -6.11. The lowest BCUT2D eigenvalue weighted by atomic mass is 10.1. The van der Waals surface area contributed by atoms with Gasteiger partial charge in [0.25, 0.3) is 0 Å². The Morgan fingerprint density at radius 2 is 1.31 bits per heavy atom. The lowest BCUT2D eigenvalue weighted by Crippen LogP contribution is -2.53. The number of nitrogens with two attached hydrogens (primary N) is 4. The first-order valence-corrected chi connectivity index (χ1v) is 12.2. The quantitative estimate of drug-likeness (QED) is 0.0376. The smallest absolute Gasteiger partial charge is 0.326 e. The Morgan fingerprint density at radius 1 is 0.744 bits per heavy atom. The molecule has 15 N–H and O–H groups in total. The maximum absolute atomic E-state index is 12.2. The number of nitrogens with one attached hydrogen (secondary N) is 5. The number of guanidine groups is 1. The van der Waals surface area contributed by atoms with Crippen LogP contribution in [0, 0.1) is 0 Å². The molecule has 0 saturated heterocycles. The van der Waals surface area contributed by atoms with Crippen LogP contribution in [0.1, 0.15) is 32.1 Å². The van der Waals surface area contributed by atoms with Gasteiger partial charge in [-0.3, -0.25) is 29.0 Å². The molecule has 0 aromatic carbocycles. The molecule has 0 radical (unpaired) electrons. The number of nitrogens with zero attached hydrogens (tertiary/aromatic N) is 1. The average Bonchev–Trinajstić information content (AvgIpc) is 2.89. The van der Waals surface area contributed by atoms with Crippen molar-refractivity contribution in [1.29, 1.82) is 0 Å². The number of hydrogen-bond acceptors (Lipinski definition) is 10. The Hall–Kier alpha value is -4.03. The number of carboxylic acids is 1. The van der Waals surface area contributed by atoms with Crippen LogP contribution in [0.2, 0.25) is 0 Å². The highest BCUT2D eigenvalue weighted by atomic mass is 16.4. The van der Waals surface area contributed by atoms with Gasteiger partial charge in [0, 0.05) is 6.54 Å². The number of amides is 5. The van der Waals surface area contributed by atoms with Crippen molar-refractivity contribution in [3.8, 4) is 0 Å². The molecule has 3 atom stereocenters. The summed E-state index contributed by atoms with van der Waals surface area (Å²) in [6.45, 7) is -1.82. The molecule has 0 bridgehead atoms. The second kappa shape index (κ2) is 20.0. The zero-order chi connectivity index (χ0) is 29.8. The van der Waals surface area contributed by atoms with E-state index in [-0.39, 0.29) is 25.3 Å². The third-order valence-electron chi connectivity index (χ3n) is 5.01. The van der Waals surface area contributed by atoms with E-state index < -0.39 is 79.9 Å². The van der Waals surface area contributed by atoms with Gasteiger partial charge in [-0.1, -0.05) is 6.42 Å². The Morgan fingerprint density at radius 3 is 1.87 bits per heavy atom. The Balaban J connectivity index is 4.44. The maximum Gasteiger partial charge on any atom is 0.326 e. The van der Waals surface area contributed by atoms with E-state index in [1.807, 2.05) is 0 Å². The molecule has 0 spiro atoms. The zero-order valence-corrected chi connectivity index (χ0v) is 21.6. The molecule has 0 fully saturated rings. The molecule has 0 rings (SSSR count). The topological polar surface area (TPSA) is 319 Å². The van der Waals surface area contributed by atoms with Crippen LogP contribution in [-0.2, 0) is 28.8 Å². The first-order valence-electron chi connectivity index (χ1n) is 12.2. The average molecular weight is 561 g/mol. The summed E-state index contributed by atoms with van der Waals surface area (Å²) in [6, 6.07) is -3.51. The van der Waals surface area contributed by atoms with Gasteiger partial charge < -0.3 is 59.7 Å². The number of rotatable bonds is 20. The summed E-state index contributed by atoms with van der Waals surface area (Å²) in [7, 11) is 0. The summed E-state index contributed by atoms with van der Waals surface area (Å²) in [5, 5.41) is 29.7. The molecule has 0 unspecified atom stereocenters. The van der Waals surface area contributed by atoms with Gasteiger partial charge in [0.2, 0.25) is 29.5 Å². The lowest BCUT2D eigenvalue weighted by Gasteiger charge is -2.18. The fourth-order valence-corrected chi connectivity index (χ4v) is 2.92. The van der Waals surface area contributed by atoms with Crippen molar-refractivity contribution in [2.45, 2.75) is 50.2 Å². The minimum Gasteiger partial charge on any atom is -0.480 e. The summed E-state index contributed by atoms with van der Waals surface area (Å²) in [5.41, 5.74) is 21.4. The third kappa shape index (κ3) is 17.2. The van der Waals surface area contributed by atoms with Crippen molar-refractivity contribution >= 4 is 41.5 Å². The van der Waals surface area contributed by atoms with Gasteiger partial charge in [0.1, 0.15) is 12.1 Å². The van der Waals surface area contributed by atoms with Gasteiger partial charge in [-0.05, 0) is 32.2 Å². The van der Waals surface area contributed by atoms with Gasteiger partial charge in [-0.25, -0.2) is 4.79 Å². The van der Waals surface area contributed by atoms with Crippen LogP contribution in [0.5, 0.6) is 0 Å². The Bertz CT molecular complexity index is 866. The third-order valence-corrected chi connectivity index (χ3v) is 5.01. The van der Waals surface area contributed by atoms with E-state index >= 15 is 0 Å². The van der Waals surface area contributed by atoms with Crippen LogP contribution in [0.3, 0.4) is 0 Å². The molecule has 0 aliphatic carbocycles.